The highest BCUT2D eigenvalue weighted by Crippen LogP contribution is 2.36. The average molecular weight is 358 g/mol. The van der Waals surface area contributed by atoms with Gasteiger partial charge in [-0.25, -0.2) is 0 Å². The molecule has 1 unspecified atom stereocenters. The maximum absolute atomic E-state index is 12.7. The van der Waals surface area contributed by atoms with Crippen molar-refractivity contribution in [3.05, 3.63) is 101 Å². The van der Waals surface area contributed by atoms with Crippen molar-refractivity contribution in [2.45, 2.75) is 11.0 Å². The molecule has 0 aromatic heterocycles. The molecule has 3 rings (SSSR count). The lowest BCUT2D eigenvalue weighted by Gasteiger charge is -2.15. The van der Waals surface area contributed by atoms with E-state index < -0.39 is 5.25 Å². The maximum atomic E-state index is 12.7. The fourth-order valence-corrected chi connectivity index (χ4v) is 3.72. The number of ketones is 1. The molecule has 0 aliphatic heterocycles. The number of benzene rings is 3. The van der Waals surface area contributed by atoms with Crippen LogP contribution >= 0.6 is 11.8 Å². The van der Waals surface area contributed by atoms with Crippen LogP contribution in [0, 0.1) is 11.3 Å². The third kappa shape index (κ3) is 3.96. The highest BCUT2D eigenvalue weighted by molar-refractivity contribution is 7.99. The van der Waals surface area contributed by atoms with Gasteiger partial charge in [0, 0.05) is 28.1 Å². The van der Waals surface area contributed by atoms with E-state index in [1.54, 1.807) is 24.3 Å². The molecule has 0 saturated heterocycles. The summed E-state index contributed by atoms with van der Waals surface area (Å²) in [6.07, 6.45) is 0. The molecule has 26 heavy (non-hydrogen) atoms. The standard InChI is InChI=1S/C22H18N2OS/c23-14-20(26-15-16-8-3-1-4-9-16)18-12-7-13-19(21(18)24)22(25)17-10-5-2-6-11-17/h1-13,20H,15,24H2. The molecule has 0 aliphatic rings. The van der Waals surface area contributed by atoms with Gasteiger partial charge in [-0.1, -0.05) is 72.8 Å². The van der Waals surface area contributed by atoms with Gasteiger partial charge in [0.05, 0.1) is 6.07 Å². The SMILES string of the molecule is N#CC(SCc1ccccc1)c1cccc(C(=O)c2ccccc2)c1N. The zero-order valence-corrected chi connectivity index (χ0v) is 14.9. The smallest absolute Gasteiger partial charge is 0.195 e. The second-order valence-corrected chi connectivity index (χ2v) is 6.90. The number of rotatable bonds is 6. The summed E-state index contributed by atoms with van der Waals surface area (Å²) in [7, 11) is 0. The van der Waals surface area contributed by atoms with E-state index in [0.29, 0.717) is 28.1 Å². The first-order valence-electron chi connectivity index (χ1n) is 8.24. The van der Waals surface area contributed by atoms with Gasteiger partial charge in [-0.15, -0.1) is 11.8 Å². The summed E-state index contributed by atoms with van der Waals surface area (Å²) in [4.78, 5) is 12.7. The summed E-state index contributed by atoms with van der Waals surface area (Å²) in [5.41, 5.74) is 9.52. The topological polar surface area (TPSA) is 66.9 Å². The van der Waals surface area contributed by atoms with Crippen molar-refractivity contribution in [1.29, 1.82) is 5.26 Å². The van der Waals surface area contributed by atoms with Gasteiger partial charge in [0.2, 0.25) is 0 Å². The Morgan fingerprint density at radius 3 is 2.27 bits per heavy atom. The summed E-state index contributed by atoms with van der Waals surface area (Å²) in [6.45, 7) is 0. The Labute approximate surface area is 157 Å². The molecule has 0 spiro atoms. The van der Waals surface area contributed by atoms with Gasteiger partial charge in [-0.3, -0.25) is 4.79 Å². The van der Waals surface area contributed by atoms with Crippen LogP contribution in [0.25, 0.3) is 0 Å². The number of carbonyl (C=O) groups is 1. The molecule has 0 radical (unpaired) electrons. The number of nitrogens with two attached hydrogens (primary N) is 1. The Kier molecular flexibility index (Phi) is 5.73. The second kappa shape index (κ2) is 8.37. The third-order valence-electron chi connectivity index (χ3n) is 4.08. The van der Waals surface area contributed by atoms with Crippen LogP contribution in [-0.2, 0) is 5.75 Å². The zero-order valence-electron chi connectivity index (χ0n) is 14.1. The van der Waals surface area contributed by atoms with Crippen molar-refractivity contribution in [2.75, 3.05) is 5.73 Å². The van der Waals surface area contributed by atoms with E-state index in [1.165, 1.54) is 11.8 Å². The minimum atomic E-state index is -0.432. The van der Waals surface area contributed by atoms with E-state index >= 15 is 0 Å². The molecule has 3 nitrogen and oxygen atoms in total. The predicted molar refractivity (Wildman–Crippen MR) is 107 cm³/mol. The monoisotopic (exact) mass is 358 g/mol. The normalized spacial score (nSPS) is 11.5. The van der Waals surface area contributed by atoms with Crippen molar-refractivity contribution in [3.63, 3.8) is 0 Å². The van der Waals surface area contributed by atoms with Crippen LogP contribution in [0.2, 0.25) is 0 Å². The van der Waals surface area contributed by atoms with E-state index in [4.69, 9.17) is 5.73 Å². The lowest BCUT2D eigenvalue weighted by atomic mass is 9.98. The molecule has 2 N–H and O–H groups in total. The number of hydrogen-bond acceptors (Lipinski definition) is 4. The Hall–Kier alpha value is -3.03. The Balaban J connectivity index is 1.85. The van der Waals surface area contributed by atoms with Gasteiger partial charge in [0.1, 0.15) is 5.25 Å². The van der Waals surface area contributed by atoms with Crippen LogP contribution in [0.15, 0.2) is 78.9 Å². The number of nitrogen functional groups attached to an aromatic ring is 1. The Bertz CT molecular complexity index is 933. The van der Waals surface area contributed by atoms with Gasteiger partial charge < -0.3 is 5.73 Å². The number of anilines is 1. The van der Waals surface area contributed by atoms with Crippen molar-refractivity contribution < 1.29 is 4.79 Å². The fourth-order valence-electron chi connectivity index (χ4n) is 2.71. The first-order valence-corrected chi connectivity index (χ1v) is 9.29. The zero-order chi connectivity index (χ0) is 18.4. The number of thioether (sulfide) groups is 1. The first kappa shape index (κ1) is 17.8. The van der Waals surface area contributed by atoms with E-state index in [2.05, 4.69) is 6.07 Å². The summed E-state index contributed by atoms with van der Waals surface area (Å²) in [6, 6.07) is 26.6. The fraction of sp³-hybridized carbons (Fsp3) is 0.0909. The molecule has 0 fully saturated rings. The van der Waals surface area contributed by atoms with Crippen LogP contribution in [0.4, 0.5) is 5.69 Å². The van der Waals surface area contributed by atoms with Crippen LogP contribution in [-0.4, -0.2) is 5.78 Å². The minimum absolute atomic E-state index is 0.130. The Morgan fingerprint density at radius 1 is 0.962 bits per heavy atom. The number of hydrogen-bond donors (Lipinski definition) is 1. The van der Waals surface area contributed by atoms with Crippen molar-refractivity contribution in [1.82, 2.24) is 0 Å². The van der Waals surface area contributed by atoms with Crippen molar-refractivity contribution in [3.8, 4) is 6.07 Å². The molecule has 3 aromatic carbocycles. The molecule has 0 amide bonds. The Morgan fingerprint density at radius 2 is 1.62 bits per heavy atom. The number of nitrogens with zero attached hydrogens (tertiary/aromatic N) is 1. The molecule has 4 heteroatoms. The molecular formula is C22H18N2OS. The highest BCUT2D eigenvalue weighted by atomic mass is 32.2. The maximum Gasteiger partial charge on any atom is 0.195 e. The molecule has 0 saturated carbocycles. The summed E-state index contributed by atoms with van der Waals surface area (Å²) in [5, 5.41) is 9.19. The predicted octanol–water partition coefficient (Wildman–Crippen LogP) is 5.00. The van der Waals surface area contributed by atoms with Crippen LogP contribution < -0.4 is 5.73 Å². The summed E-state index contributed by atoms with van der Waals surface area (Å²) < 4.78 is 0. The third-order valence-corrected chi connectivity index (χ3v) is 5.27. The highest BCUT2D eigenvalue weighted by Gasteiger charge is 2.20. The molecule has 128 valence electrons. The van der Waals surface area contributed by atoms with Gasteiger partial charge in [0.15, 0.2) is 5.78 Å². The number of carbonyl (C=O) groups excluding carboxylic acids is 1. The van der Waals surface area contributed by atoms with Crippen molar-refractivity contribution in [2.24, 2.45) is 0 Å². The lowest BCUT2D eigenvalue weighted by Crippen LogP contribution is -2.08. The molecule has 1 atom stereocenters. The largest absolute Gasteiger partial charge is 0.398 e. The molecule has 0 aliphatic carbocycles. The number of para-hydroxylation sites is 1. The molecule has 0 bridgehead atoms. The van der Waals surface area contributed by atoms with Gasteiger partial charge >= 0.3 is 0 Å². The van der Waals surface area contributed by atoms with E-state index in [-0.39, 0.29) is 5.78 Å². The lowest BCUT2D eigenvalue weighted by molar-refractivity contribution is 0.103. The van der Waals surface area contributed by atoms with Gasteiger partial charge in [-0.2, -0.15) is 5.26 Å². The minimum Gasteiger partial charge on any atom is -0.398 e. The van der Waals surface area contributed by atoms with Gasteiger partial charge in [0.25, 0.3) is 0 Å². The molecular weight excluding hydrogens is 340 g/mol. The van der Waals surface area contributed by atoms with Gasteiger partial charge in [-0.05, 0) is 11.6 Å². The van der Waals surface area contributed by atoms with Crippen LogP contribution in [0.1, 0.15) is 32.3 Å². The quantitative estimate of drug-likeness (QED) is 0.497. The second-order valence-electron chi connectivity index (χ2n) is 5.81. The van der Waals surface area contributed by atoms with Crippen molar-refractivity contribution >= 4 is 23.2 Å². The first-order chi connectivity index (χ1) is 12.7. The van der Waals surface area contributed by atoms with Crippen LogP contribution in [0.5, 0.6) is 0 Å². The average Bonchev–Trinajstić information content (AvgIpc) is 2.70. The molecule has 0 heterocycles. The summed E-state index contributed by atoms with van der Waals surface area (Å²) >= 11 is 1.51. The van der Waals surface area contributed by atoms with Crippen LogP contribution in [0.3, 0.4) is 0 Å². The van der Waals surface area contributed by atoms with E-state index in [0.717, 1.165) is 5.56 Å². The van der Waals surface area contributed by atoms with E-state index in [1.807, 2.05) is 54.6 Å². The number of nitriles is 1. The van der Waals surface area contributed by atoms with E-state index in [9.17, 15) is 10.1 Å². The molecule has 3 aromatic rings. The summed E-state index contributed by atoms with van der Waals surface area (Å²) in [5.74, 6) is 0.574.